The van der Waals surface area contributed by atoms with Crippen molar-refractivity contribution in [3.05, 3.63) is 34.3 Å². The van der Waals surface area contributed by atoms with E-state index in [1.165, 1.54) is 12.1 Å². The number of allylic oxidation sites excluding steroid dienone is 2. The molecule has 1 aliphatic rings. The number of carbonyl (C=O) groups excluding carboxylic acids is 1. The third-order valence-electron chi connectivity index (χ3n) is 2.66. The van der Waals surface area contributed by atoms with E-state index in [-0.39, 0.29) is 28.3 Å². The van der Waals surface area contributed by atoms with Gasteiger partial charge < -0.3 is 10.4 Å². The molecule has 5 heteroatoms. The van der Waals surface area contributed by atoms with Crippen molar-refractivity contribution in [1.29, 1.82) is 0 Å². The average Bonchev–Trinajstić information content (AvgIpc) is 2.78. The first-order valence-electron chi connectivity index (χ1n) is 5.22. The number of phenols is 1. The van der Waals surface area contributed by atoms with Crippen LogP contribution >= 0.6 is 23.2 Å². The Morgan fingerprint density at radius 3 is 2.59 bits per heavy atom. The standard InChI is InChI=1S/C12H11Cl2NO2/c13-8-5-9(14)11(16)10(6-8)15-12(17)7-3-1-2-4-7/h1-2,5-7,16H,3-4H2,(H,15,17). The molecule has 2 rings (SSSR count). The van der Waals surface area contributed by atoms with Crippen molar-refractivity contribution >= 4 is 34.8 Å². The lowest BCUT2D eigenvalue weighted by atomic mass is 10.1. The molecule has 0 saturated heterocycles. The number of nitrogens with one attached hydrogen (secondary N) is 1. The molecule has 1 aliphatic carbocycles. The summed E-state index contributed by atoms with van der Waals surface area (Å²) in [4.78, 5) is 11.8. The van der Waals surface area contributed by atoms with Crippen LogP contribution in [-0.2, 0) is 4.79 Å². The van der Waals surface area contributed by atoms with Crippen LogP contribution in [0.1, 0.15) is 12.8 Å². The monoisotopic (exact) mass is 271 g/mol. The van der Waals surface area contributed by atoms with Crippen molar-refractivity contribution in [2.24, 2.45) is 5.92 Å². The Hall–Kier alpha value is -1.19. The highest BCUT2D eigenvalue weighted by molar-refractivity contribution is 6.36. The quantitative estimate of drug-likeness (QED) is 0.638. The minimum atomic E-state index is -0.157. The van der Waals surface area contributed by atoms with Crippen LogP contribution < -0.4 is 5.32 Å². The summed E-state index contributed by atoms with van der Waals surface area (Å²) in [6.45, 7) is 0. The van der Waals surface area contributed by atoms with Gasteiger partial charge in [0.25, 0.3) is 0 Å². The Labute approximate surface area is 109 Å². The lowest BCUT2D eigenvalue weighted by Crippen LogP contribution is -2.20. The second-order valence-corrected chi connectivity index (χ2v) is 4.76. The fraction of sp³-hybridized carbons (Fsp3) is 0.250. The summed E-state index contributed by atoms with van der Waals surface area (Å²) in [6.07, 6.45) is 5.38. The maximum atomic E-state index is 11.8. The molecule has 90 valence electrons. The fourth-order valence-electron chi connectivity index (χ4n) is 1.73. The van der Waals surface area contributed by atoms with Crippen LogP contribution in [0.4, 0.5) is 5.69 Å². The van der Waals surface area contributed by atoms with Crippen molar-refractivity contribution in [1.82, 2.24) is 0 Å². The molecule has 0 aromatic heterocycles. The van der Waals surface area contributed by atoms with Crippen LogP contribution in [0.15, 0.2) is 24.3 Å². The van der Waals surface area contributed by atoms with E-state index in [0.29, 0.717) is 5.02 Å². The number of hydrogen-bond donors (Lipinski definition) is 2. The normalized spacial score (nSPS) is 15.2. The molecular weight excluding hydrogens is 261 g/mol. The first-order chi connectivity index (χ1) is 8.08. The van der Waals surface area contributed by atoms with Gasteiger partial charge in [0, 0.05) is 10.9 Å². The highest BCUT2D eigenvalue weighted by Gasteiger charge is 2.20. The summed E-state index contributed by atoms with van der Waals surface area (Å²) in [6, 6.07) is 2.90. The van der Waals surface area contributed by atoms with E-state index >= 15 is 0 Å². The molecule has 1 aromatic rings. The number of hydrogen-bond acceptors (Lipinski definition) is 2. The zero-order chi connectivity index (χ0) is 12.4. The van der Waals surface area contributed by atoms with Crippen molar-refractivity contribution in [3.8, 4) is 5.75 Å². The summed E-state index contributed by atoms with van der Waals surface area (Å²) < 4.78 is 0. The van der Waals surface area contributed by atoms with Crippen molar-refractivity contribution in [2.75, 3.05) is 5.32 Å². The minimum Gasteiger partial charge on any atom is -0.504 e. The van der Waals surface area contributed by atoms with Gasteiger partial charge in [-0.1, -0.05) is 35.4 Å². The van der Waals surface area contributed by atoms with Crippen LogP contribution in [-0.4, -0.2) is 11.0 Å². The molecule has 2 N–H and O–H groups in total. The Morgan fingerprint density at radius 2 is 1.94 bits per heavy atom. The molecule has 17 heavy (non-hydrogen) atoms. The van der Waals surface area contributed by atoms with Crippen LogP contribution in [0.2, 0.25) is 10.0 Å². The summed E-state index contributed by atoms with van der Waals surface area (Å²) >= 11 is 11.6. The van der Waals surface area contributed by atoms with Gasteiger partial charge in [0.1, 0.15) is 0 Å². The molecule has 0 aliphatic heterocycles. The molecule has 0 fully saturated rings. The second-order valence-electron chi connectivity index (χ2n) is 3.91. The maximum Gasteiger partial charge on any atom is 0.228 e. The Balaban J connectivity index is 2.15. The van der Waals surface area contributed by atoms with Crippen LogP contribution in [0.25, 0.3) is 0 Å². The largest absolute Gasteiger partial charge is 0.504 e. The van der Waals surface area contributed by atoms with E-state index < -0.39 is 0 Å². The summed E-state index contributed by atoms with van der Waals surface area (Å²) in [5.41, 5.74) is 0.249. The molecule has 0 spiro atoms. The molecule has 0 saturated carbocycles. The molecule has 0 unspecified atom stereocenters. The zero-order valence-corrected chi connectivity index (χ0v) is 10.4. The molecule has 0 bridgehead atoms. The number of halogens is 2. The van der Waals surface area contributed by atoms with Gasteiger partial charge in [-0.05, 0) is 25.0 Å². The predicted octanol–water partition coefficient (Wildman–Crippen LogP) is 3.60. The van der Waals surface area contributed by atoms with Gasteiger partial charge in [0.2, 0.25) is 5.91 Å². The molecule has 0 radical (unpaired) electrons. The third-order valence-corrected chi connectivity index (χ3v) is 3.17. The van der Waals surface area contributed by atoms with Gasteiger partial charge in [-0.15, -0.1) is 0 Å². The lowest BCUT2D eigenvalue weighted by molar-refractivity contribution is -0.119. The van der Waals surface area contributed by atoms with Gasteiger partial charge in [0.15, 0.2) is 5.75 Å². The number of rotatable bonds is 2. The molecule has 0 heterocycles. The van der Waals surface area contributed by atoms with E-state index in [1.54, 1.807) is 0 Å². The lowest BCUT2D eigenvalue weighted by Gasteiger charge is -2.12. The number of benzene rings is 1. The van der Waals surface area contributed by atoms with E-state index in [4.69, 9.17) is 23.2 Å². The van der Waals surface area contributed by atoms with E-state index in [1.807, 2.05) is 12.2 Å². The number of phenolic OH excluding ortho intramolecular Hbond substituents is 1. The topological polar surface area (TPSA) is 49.3 Å². The summed E-state index contributed by atoms with van der Waals surface area (Å²) in [5.74, 6) is -0.369. The highest BCUT2D eigenvalue weighted by atomic mass is 35.5. The first kappa shape index (κ1) is 12.3. The first-order valence-corrected chi connectivity index (χ1v) is 5.97. The van der Waals surface area contributed by atoms with Crippen molar-refractivity contribution in [2.45, 2.75) is 12.8 Å². The van der Waals surface area contributed by atoms with Gasteiger partial charge in [-0.2, -0.15) is 0 Å². The Bertz CT molecular complexity index is 478. The minimum absolute atomic E-state index is 0.0767. The Kier molecular flexibility index (Phi) is 3.60. The SMILES string of the molecule is O=C(Nc1cc(Cl)cc(Cl)c1O)C1CC=CC1. The number of anilines is 1. The van der Waals surface area contributed by atoms with Gasteiger partial charge >= 0.3 is 0 Å². The maximum absolute atomic E-state index is 11.8. The van der Waals surface area contributed by atoms with Crippen molar-refractivity contribution < 1.29 is 9.90 Å². The second kappa shape index (κ2) is 4.98. The van der Waals surface area contributed by atoms with Gasteiger partial charge in [-0.3, -0.25) is 4.79 Å². The highest BCUT2D eigenvalue weighted by Crippen LogP contribution is 2.35. The van der Waals surface area contributed by atoms with Gasteiger partial charge in [0.05, 0.1) is 10.7 Å². The number of aromatic hydroxyl groups is 1. The average molecular weight is 272 g/mol. The van der Waals surface area contributed by atoms with Crippen LogP contribution in [0, 0.1) is 5.92 Å². The van der Waals surface area contributed by atoms with E-state index in [2.05, 4.69) is 5.32 Å². The van der Waals surface area contributed by atoms with E-state index in [9.17, 15) is 9.90 Å². The number of amides is 1. The van der Waals surface area contributed by atoms with Crippen LogP contribution in [0.3, 0.4) is 0 Å². The summed E-state index contributed by atoms with van der Waals surface area (Å²) in [5, 5.41) is 12.8. The smallest absolute Gasteiger partial charge is 0.228 e. The van der Waals surface area contributed by atoms with Gasteiger partial charge in [-0.25, -0.2) is 0 Å². The fourth-order valence-corrected chi connectivity index (χ4v) is 2.22. The van der Waals surface area contributed by atoms with Crippen molar-refractivity contribution in [3.63, 3.8) is 0 Å². The Morgan fingerprint density at radius 1 is 1.29 bits per heavy atom. The molecule has 1 aromatic carbocycles. The summed E-state index contributed by atoms with van der Waals surface area (Å²) in [7, 11) is 0. The molecule has 1 amide bonds. The zero-order valence-electron chi connectivity index (χ0n) is 8.91. The van der Waals surface area contributed by atoms with Crippen LogP contribution in [0.5, 0.6) is 5.75 Å². The molecule has 3 nitrogen and oxygen atoms in total. The number of carbonyl (C=O) groups is 1. The third kappa shape index (κ3) is 2.73. The molecule has 0 atom stereocenters. The predicted molar refractivity (Wildman–Crippen MR) is 68.6 cm³/mol. The van der Waals surface area contributed by atoms with E-state index in [0.717, 1.165) is 12.8 Å². The molecular formula is C12H11Cl2NO2.